The van der Waals surface area contributed by atoms with Crippen molar-refractivity contribution < 1.29 is 0 Å². The van der Waals surface area contributed by atoms with Gasteiger partial charge in [-0.3, -0.25) is 0 Å². The maximum atomic E-state index is 2.41. The van der Waals surface area contributed by atoms with Crippen LogP contribution in [0.3, 0.4) is 0 Å². The summed E-state index contributed by atoms with van der Waals surface area (Å²) in [5.41, 5.74) is 8.60. The first-order chi connectivity index (χ1) is 22.3. The van der Waals surface area contributed by atoms with Crippen molar-refractivity contribution in [2.45, 2.75) is 0 Å². The fraction of sp³-hybridized carbons (Fsp3) is 0. The summed E-state index contributed by atoms with van der Waals surface area (Å²) in [6.45, 7) is 0. The molecule has 7 aromatic carbocycles. The zero-order valence-corrected chi connectivity index (χ0v) is 25.8. The summed E-state index contributed by atoms with van der Waals surface area (Å²) in [6, 6.07) is 56.0. The first-order valence-electron chi connectivity index (χ1n) is 15.3. The van der Waals surface area contributed by atoms with E-state index in [9.17, 15) is 0 Å². The van der Waals surface area contributed by atoms with Crippen LogP contribution in [0.25, 0.3) is 90.1 Å². The van der Waals surface area contributed by atoms with Crippen molar-refractivity contribution in [2.75, 3.05) is 0 Å². The van der Waals surface area contributed by atoms with Crippen LogP contribution in [0.2, 0.25) is 0 Å². The van der Waals surface area contributed by atoms with E-state index in [-0.39, 0.29) is 0 Å². The Morgan fingerprint density at radius 1 is 0.311 bits per heavy atom. The van der Waals surface area contributed by atoms with Gasteiger partial charge in [-0.25, -0.2) is 0 Å². The summed E-state index contributed by atoms with van der Waals surface area (Å²) >= 11 is 3.74. The molecule has 3 aromatic heterocycles. The van der Waals surface area contributed by atoms with Crippen molar-refractivity contribution in [1.82, 2.24) is 4.57 Å². The average molecular weight is 608 g/mol. The van der Waals surface area contributed by atoms with E-state index in [0.29, 0.717) is 0 Å². The molecular weight excluding hydrogens is 583 g/mol. The zero-order chi connectivity index (χ0) is 29.5. The molecule has 210 valence electrons. The second kappa shape index (κ2) is 9.64. The van der Waals surface area contributed by atoms with Gasteiger partial charge in [-0.1, -0.05) is 78.9 Å². The Balaban J connectivity index is 1.20. The predicted octanol–water partition coefficient (Wildman–Crippen LogP) is 12.9. The van der Waals surface area contributed by atoms with E-state index in [0.717, 1.165) is 0 Å². The lowest BCUT2D eigenvalue weighted by molar-refractivity contribution is 1.18. The molecule has 10 rings (SSSR count). The molecule has 0 atom stereocenters. The number of aromatic nitrogens is 1. The van der Waals surface area contributed by atoms with E-state index < -0.39 is 0 Å². The number of rotatable bonds is 3. The van der Waals surface area contributed by atoms with Gasteiger partial charge >= 0.3 is 0 Å². The SMILES string of the molecule is c1ccc(-n2c3ccc(-c4ccc5sc6ccccc6c5c4)cc3c3cc(-c4ccc5sc6ccccc6c5c4)ccc32)cc1. The van der Waals surface area contributed by atoms with Gasteiger partial charge in [-0.2, -0.15) is 0 Å². The Bertz CT molecular complexity index is 2590. The van der Waals surface area contributed by atoms with Crippen LogP contribution >= 0.6 is 22.7 Å². The largest absolute Gasteiger partial charge is 0.309 e. The van der Waals surface area contributed by atoms with Crippen molar-refractivity contribution in [1.29, 1.82) is 0 Å². The van der Waals surface area contributed by atoms with Crippen molar-refractivity contribution in [3.63, 3.8) is 0 Å². The molecule has 0 aliphatic heterocycles. The summed E-state index contributed by atoms with van der Waals surface area (Å²) in [6.07, 6.45) is 0. The molecule has 0 unspecified atom stereocenters. The monoisotopic (exact) mass is 607 g/mol. The van der Waals surface area contributed by atoms with Crippen molar-refractivity contribution in [2.24, 2.45) is 0 Å². The lowest BCUT2D eigenvalue weighted by Gasteiger charge is -2.09. The lowest BCUT2D eigenvalue weighted by atomic mass is 9.98. The van der Waals surface area contributed by atoms with Crippen LogP contribution < -0.4 is 0 Å². The maximum Gasteiger partial charge on any atom is 0.0541 e. The Hall–Kier alpha value is -5.22. The molecule has 1 nitrogen and oxygen atoms in total. The van der Waals surface area contributed by atoms with E-state index in [2.05, 4.69) is 156 Å². The second-order valence-corrected chi connectivity index (χ2v) is 13.9. The fourth-order valence-corrected chi connectivity index (χ4v) is 9.22. The summed E-state index contributed by atoms with van der Waals surface area (Å²) in [5, 5.41) is 7.87. The highest BCUT2D eigenvalue weighted by Gasteiger charge is 2.16. The van der Waals surface area contributed by atoms with E-state index in [4.69, 9.17) is 0 Å². The van der Waals surface area contributed by atoms with E-state index in [1.54, 1.807) is 0 Å². The van der Waals surface area contributed by atoms with Gasteiger partial charge in [0.2, 0.25) is 0 Å². The zero-order valence-electron chi connectivity index (χ0n) is 24.2. The Morgan fingerprint density at radius 3 is 1.22 bits per heavy atom. The molecule has 3 heteroatoms. The van der Waals surface area contributed by atoms with Crippen LogP contribution in [0.4, 0.5) is 0 Å². The Morgan fingerprint density at radius 2 is 0.711 bits per heavy atom. The van der Waals surface area contributed by atoms with Crippen LogP contribution in [0.5, 0.6) is 0 Å². The van der Waals surface area contributed by atoms with E-state index >= 15 is 0 Å². The molecule has 0 N–H and O–H groups in total. The molecule has 10 aromatic rings. The van der Waals surface area contributed by atoms with Crippen LogP contribution in [-0.4, -0.2) is 4.57 Å². The summed E-state index contributed by atoms with van der Waals surface area (Å²) < 4.78 is 7.76. The summed E-state index contributed by atoms with van der Waals surface area (Å²) in [5.74, 6) is 0. The first kappa shape index (κ1) is 25.1. The van der Waals surface area contributed by atoms with Gasteiger partial charge in [0.15, 0.2) is 0 Å². The van der Waals surface area contributed by atoms with Gasteiger partial charge in [-0.15, -0.1) is 22.7 Å². The predicted molar refractivity (Wildman–Crippen MR) is 197 cm³/mol. The molecule has 0 saturated carbocycles. The number of thiophene rings is 2. The van der Waals surface area contributed by atoms with Gasteiger partial charge in [0.25, 0.3) is 0 Å². The fourth-order valence-electron chi connectivity index (χ4n) is 7.05. The van der Waals surface area contributed by atoms with Gasteiger partial charge in [0.05, 0.1) is 11.0 Å². The molecule has 0 fully saturated rings. The number of fused-ring (bicyclic) bond motifs is 9. The Kier molecular flexibility index (Phi) is 5.39. The molecule has 0 amide bonds. The summed E-state index contributed by atoms with van der Waals surface area (Å²) in [4.78, 5) is 0. The van der Waals surface area contributed by atoms with Crippen molar-refractivity contribution in [3.05, 3.63) is 152 Å². The second-order valence-electron chi connectivity index (χ2n) is 11.8. The van der Waals surface area contributed by atoms with Gasteiger partial charge in [0, 0.05) is 56.8 Å². The number of hydrogen-bond acceptors (Lipinski definition) is 2. The minimum absolute atomic E-state index is 1.18. The quantitative estimate of drug-likeness (QED) is 0.188. The first-order valence-corrected chi connectivity index (χ1v) is 16.9. The number of hydrogen-bond donors (Lipinski definition) is 0. The molecule has 0 spiro atoms. The highest BCUT2D eigenvalue weighted by atomic mass is 32.1. The average Bonchev–Trinajstić information content (AvgIpc) is 3.77. The third kappa shape index (κ3) is 3.85. The van der Waals surface area contributed by atoms with Crippen LogP contribution in [0, 0.1) is 0 Å². The van der Waals surface area contributed by atoms with Crippen LogP contribution in [0.1, 0.15) is 0 Å². The third-order valence-corrected chi connectivity index (χ3v) is 11.5. The van der Waals surface area contributed by atoms with E-state index in [1.165, 1.54) is 90.1 Å². The smallest absolute Gasteiger partial charge is 0.0541 e. The van der Waals surface area contributed by atoms with Crippen molar-refractivity contribution in [3.8, 4) is 27.9 Å². The number of nitrogens with zero attached hydrogens (tertiary/aromatic N) is 1. The molecule has 0 bridgehead atoms. The summed E-state index contributed by atoms with van der Waals surface area (Å²) in [7, 11) is 0. The molecular formula is C42H25NS2. The molecule has 45 heavy (non-hydrogen) atoms. The minimum atomic E-state index is 1.18. The van der Waals surface area contributed by atoms with Crippen LogP contribution in [-0.2, 0) is 0 Å². The Labute approximate surface area is 267 Å². The third-order valence-electron chi connectivity index (χ3n) is 9.20. The van der Waals surface area contributed by atoms with Gasteiger partial charge < -0.3 is 4.57 Å². The standard InChI is InChI=1S/C42H25NS2/c1-2-8-30(9-3-1)43-37-18-14-26(28-16-20-41-35(24-28)31-10-4-6-12-39(31)44-41)22-33(37)34-23-27(15-19-38(34)43)29-17-21-42-36(25-29)32-11-5-7-13-40(32)45-42/h1-25H. The van der Waals surface area contributed by atoms with Crippen LogP contribution in [0.15, 0.2) is 152 Å². The highest BCUT2D eigenvalue weighted by Crippen LogP contribution is 2.41. The lowest BCUT2D eigenvalue weighted by Crippen LogP contribution is -1.93. The number of benzene rings is 7. The molecule has 0 saturated heterocycles. The normalized spacial score (nSPS) is 12.0. The molecule has 0 radical (unpaired) electrons. The molecule has 0 aliphatic rings. The molecule has 0 aliphatic carbocycles. The van der Waals surface area contributed by atoms with E-state index in [1.807, 2.05) is 22.7 Å². The molecule has 3 heterocycles. The number of para-hydroxylation sites is 1. The topological polar surface area (TPSA) is 4.93 Å². The van der Waals surface area contributed by atoms with Gasteiger partial charge in [0.1, 0.15) is 0 Å². The van der Waals surface area contributed by atoms with Gasteiger partial charge in [-0.05, 0) is 95.1 Å². The maximum absolute atomic E-state index is 2.41. The van der Waals surface area contributed by atoms with Crippen molar-refractivity contribution >= 4 is 84.8 Å². The highest BCUT2D eigenvalue weighted by molar-refractivity contribution is 7.26. The minimum Gasteiger partial charge on any atom is -0.309 e.